The molecule has 0 saturated heterocycles. The first kappa shape index (κ1) is 12.0. The summed E-state index contributed by atoms with van der Waals surface area (Å²) in [7, 11) is 0. The molecule has 84 valence electrons. The van der Waals surface area contributed by atoms with E-state index in [9.17, 15) is 0 Å². The van der Waals surface area contributed by atoms with Crippen LogP contribution in [-0.2, 0) is 0 Å². The SMILES string of the molecule is CC(C)NCCCN(CCO)C1CC1. The zero-order chi connectivity index (χ0) is 10.4. The average molecular weight is 200 g/mol. The predicted molar refractivity (Wildman–Crippen MR) is 59.4 cm³/mol. The van der Waals surface area contributed by atoms with Crippen molar-refractivity contribution in [3.05, 3.63) is 0 Å². The number of nitrogens with one attached hydrogen (secondary N) is 1. The van der Waals surface area contributed by atoms with Crippen LogP contribution in [-0.4, -0.2) is 48.3 Å². The second-order valence-electron chi connectivity index (χ2n) is 4.45. The molecule has 3 nitrogen and oxygen atoms in total. The van der Waals surface area contributed by atoms with Crippen LogP contribution in [0.4, 0.5) is 0 Å². The molecule has 0 aromatic rings. The molecule has 0 unspecified atom stereocenters. The molecule has 1 saturated carbocycles. The topological polar surface area (TPSA) is 35.5 Å². The summed E-state index contributed by atoms with van der Waals surface area (Å²) in [6.45, 7) is 7.72. The van der Waals surface area contributed by atoms with Gasteiger partial charge in [-0.15, -0.1) is 0 Å². The largest absolute Gasteiger partial charge is 0.395 e. The van der Waals surface area contributed by atoms with E-state index in [1.54, 1.807) is 0 Å². The van der Waals surface area contributed by atoms with E-state index in [-0.39, 0.29) is 0 Å². The van der Waals surface area contributed by atoms with Crippen molar-refractivity contribution >= 4 is 0 Å². The highest BCUT2D eigenvalue weighted by atomic mass is 16.3. The Hall–Kier alpha value is -0.120. The van der Waals surface area contributed by atoms with E-state index in [1.807, 2.05) is 0 Å². The summed E-state index contributed by atoms with van der Waals surface area (Å²) in [6.07, 6.45) is 3.85. The molecule has 0 atom stereocenters. The maximum atomic E-state index is 8.90. The summed E-state index contributed by atoms with van der Waals surface area (Å²) in [5, 5.41) is 12.3. The van der Waals surface area contributed by atoms with E-state index in [0.717, 1.165) is 25.7 Å². The van der Waals surface area contributed by atoms with Crippen molar-refractivity contribution in [2.45, 2.75) is 45.2 Å². The molecular weight excluding hydrogens is 176 g/mol. The quantitative estimate of drug-likeness (QED) is 0.570. The Balaban J connectivity index is 2.01. The molecule has 1 fully saturated rings. The Bertz CT molecular complexity index is 146. The average Bonchev–Trinajstić information content (AvgIpc) is 2.93. The number of hydrogen-bond acceptors (Lipinski definition) is 3. The molecule has 14 heavy (non-hydrogen) atoms. The van der Waals surface area contributed by atoms with Crippen LogP contribution in [0.2, 0.25) is 0 Å². The molecule has 3 heteroatoms. The smallest absolute Gasteiger partial charge is 0.0558 e. The van der Waals surface area contributed by atoms with Crippen molar-refractivity contribution < 1.29 is 5.11 Å². The zero-order valence-corrected chi connectivity index (χ0v) is 9.50. The number of aliphatic hydroxyl groups excluding tert-OH is 1. The van der Waals surface area contributed by atoms with Gasteiger partial charge < -0.3 is 10.4 Å². The molecule has 0 radical (unpaired) electrons. The normalized spacial score (nSPS) is 16.9. The number of nitrogens with zero attached hydrogens (tertiary/aromatic N) is 1. The molecule has 2 N–H and O–H groups in total. The second kappa shape index (κ2) is 6.38. The summed E-state index contributed by atoms with van der Waals surface area (Å²) in [5.41, 5.74) is 0. The molecule has 0 heterocycles. The van der Waals surface area contributed by atoms with E-state index < -0.39 is 0 Å². The number of aliphatic hydroxyl groups is 1. The summed E-state index contributed by atoms with van der Waals surface area (Å²) in [5.74, 6) is 0. The first-order valence-electron chi connectivity index (χ1n) is 5.82. The number of hydrogen-bond donors (Lipinski definition) is 2. The first-order chi connectivity index (χ1) is 6.74. The van der Waals surface area contributed by atoms with E-state index in [4.69, 9.17) is 5.11 Å². The zero-order valence-electron chi connectivity index (χ0n) is 9.50. The van der Waals surface area contributed by atoms with Crippen LogP contribution in [0.25, 0.3) is 0 Å². The van der Waals surface area contributed by atoms with Gasteiger partial charge in [-0.3, -0.25) is 4.90 Å². The molecule has 0 bridgehead atoms. The van der Waals surface area contributed by atoms with Crippen molar-refractivity contribution in [3.63, 3.8) is 0 Å². The predicted octanol–water partition coefficient (Wildman–Crippen LogP) is 0.831. The van der Waals surface area contributed by atoms with Crippen LogP contribution in [0.3, 0.4) is 0 Å². The Kier molecular flexibility index (Phi) is 5.45. The third kappa shape index (κ3) is 4.94. The third-order valence-electron chi connectivity index (χ3n) is 2.63. The highest BCUT2D eigenvalue weighted by molar-refractivity contribution is 4.84. The summed E-state index contributed by atoms with van der Waals surface area (Å²) >= 11 is 0. The Morgan fingerprint density at radius 2 is 2.07 bits per heavy atom. The standard InChI is InChI=1S/C11H24N2O/c1-10(2)12-6-3-7-13(8-9-14)11-4-5-11/h10-12,14H,3-9H2,1-2H3. The van der Waals surface area contributed by atoms with Gasteiger partial charge in [0.15, 0.2) is 0 Å². The fourth-order valence-electron chi connectivity index (χ4n) is 1.72. The lowest BCUT2D eigenvalue weighted by Crippen LogP contribution is -2.33. The lowest BCUT2D eigenvalue weighted by molar-refractivity contribution is 0.187. The van der Waals surface area contributed by atoms with Gasteiger partial charge in [0.2, 0.25) is 0 Å². The van der Waals surface area contributed by atoms with Gasteiger partial charge in [0.1, 0.15) is 0 Å². The van der Waals surface area contributed by atoms with Gasteiger partial charge in [-0.2, -0.15) is 0 Å². The Morgan fingerprint density at radius 3 is 2.57 bits per heavy atom. The molecule has 0 aromatic heterocycles. The molecule has 1 aliphatic rings. The maximum absolute atomic E-state index is 8.90. The van der Waals surface area contributed by atoms with Crippen molar-refractivity contribution in [3.8, 4) is 0 Å². The van der Waals surface area contributed by atoms with Crippen LogP contribution >= 0.6 is 0 Å². The van der Waals surface area contributed by atoms with Crippen molar-refractivity contribution in [2.24, 2.45) is 0 Å². The van der Waals surface area contributed by atoms with Crippen LogP contribution in [0, 0.1) is 0 Å². The summed E-state index contributed by atoms with van der Waals surface area (Å²) < 4.78 is 0. The minimum Gasteiger partial charge on any atom is -0.395 e. The fraction of sp³-hybridized carbons (Fsp3) is 1.00. The van der Waals surface area contributed by atoms with Crippen LogP contribution in [0.1, 0.15) is 33.1 Å². The van der Waals surface area contributed by atoms with Gasteiger partial charge in [0.05, 0.1) is 6.61 Å². The van der Waals surface area contributed by atoms with Gasteiger partial charge in [0, 0.05) is 18.6 Å². The van der Waals surface area contributed by atoms with Crippen LogP contribution in [0.5, 0.6) is 0 Å². The van der Waals surface area contributed by atoms with E-state index in [2.05, 4.69) is 24.1 Å². The Labute approximate surface area is 87.5 Å². The molecule has 0 amide bonds. The van der Waals surface area contributed by atoms with Gasteiger partial charge in [0.25, 0.3) is 0 Å². The monoisotopic (exact) mass is 200 g/mol. The summed E-state index contributed by atoms with van der Waals surface area (Å²) in [4.78, 5) is 2.42. The second-order valence-corrected chi connectivity index (χ2v) is 4.45. The number of rotatable bonds is 8. The summed E-state index contributed by atoms with van der Waals surface area (Å²) in [6, 6.07) is 1.36. The first-order valence-corrected chi connectivity index (χ1v) is 5.82. The van der Waals surface area contributed by atoms with Gasteiger partial charge in [-0.25, -0.2) is 0 Å². The van der Waals surface area contributed by atoms with Gasteiger partial charge in [-0.1, -0.05) is 13.8 Å². The van der Waals surface area contributed by atoms with Gasteiger partial charge >= 0.3 is 0 Å². The minimum absolute atomic E-state index is 0.300. The van der Waals surface area contributed by atoms with Crippen LogP contribution < -0.4 is 5.32 Å². The molecule has 0 spiro atoms. The third-order valence-corrected chi connectivity index (χ3v) is 2.63. The van der Waals surface area contributed by atoms with E-state index in [0.29, 0.717) is 12.6 Å². The van der Waals surface area contributed by atoms with E-state index in [1.165, 1.54) is 19.3 Å². The minimum atomic E-state index is 0.300. The molecule has 1 rings (SSSR count). The van der Waals surface area contributed by atoms with Crippen molar-refractivity contribution in [1.82, 2.24) is 10.2 Å². The molecule has 0 aliphatic heterocycles. The van der Waals surface area contributed by atoms with Gasteiger partial charge in [-0.05, 0) is 32.4 Å². The highest BCUT2D eigenvalue weighted by Crippen LogP contribution is 2.26. The van der Waals surface area contributed by atoms with E-state index >= 15 is 0 Å². The van der Waals surface area contributed by atoms with Crippen molar-refractivity contribution in [1.29, 1.82) is 0 Å². The van der Waals surface area contributed by atoms with Crippen LogP contribution in [0.15, 0.2) is 0 Å². The lowest BCUT2D eigenvalue weighted by atomic mass is 10.3. The lowest BCUT2D eigenvalue weighted by Gasteiger charge is -2.20. The highest BCUT2D eigenvalue weighted by Gasteiger charge is 2.27. The maximum Gasteiger partial charge on any atom is 0.0558 e. The van der Waals surface area contributed by atoms with Crippen molar-refractivity contribution in [2.75, 3.05) is 26.2 Å². The molecule has 0 aromatic carbocycles. The Morgan fingerprint density at radius 1 is 1.36 bits per heavy atom. The fourth-order valence-corrected chi connectivity index (χ4v) is 1.72. The molecule has 1 aliphatic carbocycles. The molecular formula is C11H24N2O.